The Kier molecular flexibility index (Phi) is 4.17. The van der Waals surface area contributed by atoms with Crippen molar-refractivity contribution < 1.29 is 9.53 Å². The number of aryl methyl sites for hydroxylation is 1. The van der Waals surface area contributed by atoms with Crippen molar-refractivity contribution in [2.75, 3.05) is 36.1 Å². The minimum Gasteiger partial charge on any atom is -0.490 e. The maximum Gasteiger partial charge on any atom is 0.228 e. The second kappa shape index (κ2) is 6.06. The van der Waals surface area contributed by atoms with Gasteiger partial charge in [-0.05, 0) is 24.6 Å². The van der Waals surface area contributed by atoms with Crippen LogP contribution >= 0.6 is 11.8 Å². The Balaban J connectivity index is 1.72. The lowest BCUT2D eigenvalue weighted by molar-refractivity contribution is -0.119. The zero-order valence-corrected chi connectivity index (χ0v) is 12.5. The van der Waals surface area contributed by atoms with Gasteiger partial charge in [-0.15, -0.1) is 0 Å². The molecule has 1 aromatic rings. The van der Waals surface area contributed by atoms with E-state index in [4.69, 9.17) is 4.74 Å². The lowest BCUT2D eigenvalue weighted by Gasteiger charge is -2.31. The minimum absolute atomic E-state index is 0.193. The molecule has 1 saturated heterocycles. The number of anilines is 1. The lowest BCUT2D eigenvalue weighted by atomic mass is 10.1. The normalized spacial score (nSPS) is 22.1. The number of rotatable bonds is 2. The fourth-order valence-corrected chi connectivity index (χ4v) is 3.61. The smallest absolute Gasteiger partial charge is 0.228 e. The molecule has 0 spiro atoms. The largest absolute Gasteiger partial charge is 0.490 e. The molecule has 1 fully saturated rings. The molecule has 5 heteroatoms. The maximum atomic E-state index is 12.5. The average Bonchev–Trinajstić information content (AvgIpc) is 2.47. The molecule has 1 N–H and O–H groups in total. The Morgan fingerprint density at radius 2 is 2.45 bits per heavy atom. The van der Waals surface area contributed by atoms with Gasteiger partial charge < -0.3 is 15.0 Å². The van der Waals surface area contributed by atoms with Crippen LogP contribution in [0.5, 0.6) is 5.75 Å². The summed E-state index contributed by atoms with van der Waals surface area (Å²) in [7, 11) is 0. The Labute approximate surface area is 123 Å². The standard InChI is InChI=1S/C15H20N2O2S/c1-11-2-3-13-14(8-11)19-6-5-17(13)15(18)9-12-10-20-7-4-16-12/h2-3,8,12,16H,4-7,9-10H2,1H3. The molecule has 0 radical (unpaired) electrons. The number of carbonyl (C=O) groups excluding carboxylic acids is 1. The van der Waals surface area contributed by atoms with E-state index in [2.05, 4.69) is 5.32 Å². The summed E-state index contributed by atoms with van der Waals surface area (Å²) in [6, 6.07) is 6.33. The van der Waals surface area contributed by atoms with Gasteiger partial charge >= 0.3 is 0 Å². The van der Waals surface area contributed by atoms with Gasteiger partial charge in [0.2, 0.25) is 5.91 Å². The molecule has 0 aliphatic carbocycles. The van der Waals surface area contributed by atoms with Crippen LogP contribution in [0.4, 0.5) is 5.69 Å². The highest BCUT2D eigenvalue weighted by molar-refractivity contribution is 7.99. The van der Waals surface area contributed by atoms with Gasteiger partial charge in [-0.25, -0.2) is 0 Å². The quantitative estimate of drug-likeness (QED) is 0.903. The SMILES string of the molecule is Cc1ccc2c(c1)OCCN2C(=O)CC1CSCCN1. The molecule has 0 bridgehead atoms. The van der Waals surface area contributed by atoms with Crippen molar-refractivity contribution in [3.63, 3.8) is 0 Å². The molecule has 3 rings (SSSR count). The molecular weight excluding hydrogens is 272 g/mol. The van der Waals surface area contributed by atoms with Crippen molar-refractivity contribution in [3.8, 4) is 5.75 Å². The van der Waals surface area contributed by atoms with Crippen LogP contribution in [0.1, 0.15) is 12.0 Å². The molecule has 1 aromatic carbocycles. The first-order valence-electron chi connectivity index (χ1n) is 7.09. The third kappa shape index (κ3) is 2.94. The van der Waals surface area contributed by atoms with Crippen LogP contribution < -0.4 is 15.0 Å². The summed E-state index contributed by atoms with van der Waals surface area (Å²) in [6.07, 6.45) is 0.570. The molecule has 1 unspecified atom stereocenters. The molecule has 1 atom stereocenters. The fraction of sp³-hybridized carbons (Fsp3) is 0.533. The van der Waals surface area contributed by atoms with Crippen molar-refractivity contribution in [1.29, 1.82) is 0 Å². The predicted molar refractivity (Wildman–Crippen MR) is 82.8 cm³/mol. The van der Waals surface area contributed by atoms with E-state index in [0.29, 0.717) is 25.6 Å². The fourth-order valence-electron chi connectivity index (χ4n) is 2.66. The molecule has 0 aromatic heterocycles. The first-order valence-corrected chi connectivity index (χ1v) is 8.24. The van der Waals surface area contributed by atoms with E-state index < -0.39 is 0 Å². The Morgan fingerprint density at radius 1 is 1.55 bits per heavy atom. The number of amides is 1. The van der Waals surface area contributed by atoms with Crippen LogP contribution in [0, 0.1) is 6.92 Å². The van der Waals surface area contributed by atoms with Crippen LogP contribution in [0.25, 0.3) is 0 Å². The second-order valence-corrected chi connectivity index (χ2v) is 6.44. The molecule has 1 amide bonds. The summed E-state index contributed by atoms with van der Waals surface area (Å²) in [5, 5.41) is 3.42. The highest BCUT2D eigenvalue weighted by atomic mass is 32.2. The number of ether oxygens (including phenoxy) is 1. The average molecular weight is 292 g/mol. The van der Waals surface area contributed by atoms with Crippen molar-refractivity contribution in [1.82, 2.24) is 5.32 Å². The number of benzene rings is 1. The Morgan fingerprint density at radius 3 is 3.25 bits per heavy atom. The van der Waals surface area contributed by atoms with Gasteiger partial charge in [0.05, 0.1) is 12.2 Å². The van der Waals surface area contributed by atoms with Gasteiger partial charge in [-0.3, -0.25) is 4.79 Å². The highest BCUT2D eigenvalue weighted by Crippen LogP contribution is 2.32. The Hall–Kier alpha value is -1.20. The molecule has 2 heterocycles. The second-order valence-electron chi connectivity index (χ2n) is 5.30. The molecule has 0 saturated carbocycles. The number of hydrogen-bond acceptors (Lipinski definition) is 4. The summed E-state index contributed by atoms with van der Waals surface area (Å²) in [5.41, 5.74) is 2.07. The van der Waals surface area contributed by atoms with Crippen LogP contribution in [-0.4, -0.2) is 43.2 Å². The van der Waals surface area contributed by atoms with E-state index in [1.807, 2.05) is 41.8 Å². The Bertz CT molecular complexity index is 501. The minimum atomic E-state index is 0.193. The molecule has 20 heavy (non-hydrogen) atoms. The van der Waals surface area contributed by atoms with Crippen molar-refractivity contribution in [2.45, 2.75) is 19.4 Å². The summed E-state index contributed by atoms with van der Waals surface area (Å²) >= 11 is 1.92. The third-order valence-electron chi connectivity index (χ3n) is 3.70. The molecule has 2 aliphatic heterocycles. The number of carbonyl (C=O) groups is 1. The van der Waals surface area contributed by atoms with E-state index in [1.165, 1.54) is 0 Å². The van der Waals surface area contributed by atoms with Crippen molar-refractivity contribution in [2.24, 2.45) is 0 Å². The third-order valence-corrected chi connectivity index (χ3v) is 4.83. The lowest BCUT2D eigenvalue weighted by Crippen LogP contribution is -2.44. The highest BCUT2D eigenvalue weighted by Gasteiger charge is 2.26. The maximum absolute atomic E-state index is 12.5. The van der Waals surface area contributed by atoms with Gasteiger partial charge in [0.25, 0.3) is 0 Å². The monoisotopic (exact) mass is 292 g/mol. The van der Waals surface area contributed by atoms with Crippen molar-refractivity contribution >= 4 is 23.4 Å². The van der Waals surface area contributed by atoms with E-state index in [1.54, 1.807) is 0 Å². The van der Waals surface area contributed by atoms with Crippen LogP contribution in [0.15, 0.2) is 18.2 Å². The summed E-state index contributed by atoms with van der Waals surface area (Å²) in [6.45, 7) is 4.26. The van der Waals surface area contributed by atoms with Gasteiger partial charge in [0, 0.05) is 30.5 Å². The molecule has 4 nitrogen and oxygen atoms in total. The first kappa shape index (κ1) is 13.8. The van der Waals surface area contributed by atoms with Crippen LogP contribution in [0.2, 0.25) is 0 Å². The van der Waals surface area contributed by atoms with Gasteiger partial charge in [0.1, 0.15) is 12.4 Å². The van der Waals surface area contributed by atoms with Crippen LogP contribution in [0.3, 0.4) is 0 Å². The van der Waals surface area contributed by atoms with Gasteiger partial charge in [-0.1, -0.05) is 6.07 Å². The zero-order valence-electron chi connectivity index (χ0n) is 11.7. The molecular formula is C15H20N2O2S. The number of thioether (sulfide) groups is 1. The summed E-state index contributed by atoms with van der Waals surface area (Å²) < 4.78 is 5.66. The first-order chi connectivity index (χ1) is 9.74. The topological polar surface area (TPSA) is 41.6 Å². The zero-order chi connectivity index (χ0) is 13.9. The summed E-state index contributed by atoms with van der Waals surface area (Å²) in [5.74, 6) is 3.19. The van der Waals surface area contributed by atoms with Crippen molar-refractivity contribution in [3.05, 3.63) is 23.8 Å². The van der Waals surface area contributed by atoms with E-state index in [9.17, 15) is 4.79 Å². The van der Waals surface area contributed by atoms with E-state index in [-0.39, 0.29) is 5.91 Å². The molecule has 108 valence electrons. The predicted octanol–water partition coefficient (Wildman–Crippen LogP) is 1.82. The number of hydrogen-bond donors (Lipinski definition) is 1. The number of nitrogens with zero attached hydrogens (tertiary/aromatic N) is 1. The van der Waals surface area contributed by atoms with Gasteiger partial charge in [0.15, 0.2) is 0 Å². The summed E-state index contributed by atoms with van der Waals surface area (Å²) in [4.78, 5) is 14.4. The van der Waals surface area contributed by atoms with Gasteiger partial charge in [-0.2, -0.15) is 11.8 Å². The molecule has 2 aliphatic rings. The van der Waals surface area contributed by atoms with E-state index in [0.717, 1.165) is 35.1 Å². The number of fused-ring (bicyclic) bond motifs is 1. The van der Waals surface area contributed by atoms with Crippen LogP contribution in [-0.2, 0) is 4.79 Å². The van der Waals surface area contributed by atoms with E-state index >= 15 is 0 Å². The number of nitrogens with one attached hydrogen (secondary N) is 1.